The minimum atomic E-state index is -0.486. The molecule has 0 bridgehead atoms. The van der Waals surface area contributed by atoms with Crippen LogP contribution in [0.25, 0.3) is 0 Å². The average Bonchev–Trinajstić information content (AvgIpc) is 3.07. The van der Waals surface area contributed by atoms with Gasteiger partial charge in [0.15, 0.2) is 6.61 Å². The number of hydrogen-bond donors (Lipinski definition) is 0. The molecule has 0 radical (unpaired) electrons. The van der Waals surface area contributed by atoms with Crippen molar-refractivity contribution in [1.82, 2.24) is 9.80 Å². The van der Waals surface area contributed by atoms with Gasteiger partial charge >= 0.3 is 5.97 Å². The van der Waals surface area contributed by atoms with Crippen LogP contribution in [0, 0.1) is 12.7 Å². The Balaban J connectivity index is 1.45. The second-order valence-electron chi connectivity index (χ2n) is 6.62. The topological polar surface area (TPSA) is 72.2 Å². The van der Waals surface area contributed by atoms with Crippen LogP contribution in [-0.2, 0) is 16.1 Å². The molecule has 0 unspecified atom stereocenters. The van der Waals surface area contributed by atoms with Crippen LogP contribution >= 0.6 is 0 Å². The van der Waals surface area contributed by atoms with Crippen molar-refractivity contribution in [3.63, 3.8) is 0 Å². The molecular formula is C20H23FN2O5. The van der Waals surface area contributed by atoms with Crippen molar-refractivity contribution in [2.24, 2.45) is 0 Å². The molecule has 1 aliphatic rings. The number of halogens is 1. The van der Waals surface area contributed by atoms with Crippen LogP contribution < -0.4 is 4.74 Å². The summed E-state index contributed by atoms with van der Waals surface area (Å²) < 4.78 is 28.6. The maximum absolute atomic E-state index is 12.9. The number of carbonyl (C=O) groups is 2. The summed E-state index contributed by atoms with van der Waals surface area (Å²) in [7, 11) is 1.32. The first-order valence-corrected chi connectivity index (χ1v) is 9.02. The zero-order chi connectivity index (χ0) is 20.1. The molecule has 1 aliphatic heterocycles. The molecule has 2 aromatic rings. The van der Waals surface area contributed by atoms with Gasteiger partial charge in [-0.1, -0.05) is 0 Å². The zero-order valence-electron chi connectivity index (χ0n) is 15.9. The van der Waals surface area contributed by atoms with E-state index < -0.39 is 5.97 Å². The summed E-state index contributed by atoms with van der Waals surface area (Å²) in [5.74, 6) is 0.441. The van der Waals surface area contributed by atoms with Gasteiger partial charge in [-0.05, 0) is 37.3 Å². The van der Waals surface area contributed by atoms with E-state index in [-0.39, 0.29) is 24.1 Å². The Hall–Kier alpha value is -2.87. The molecule has 0 saturated carbocycles. The summed E-state index contributed by atoms with van der Waals surface area (Å²) >= 11 is 0. The van der Waals surface area contributed by atoms with E-state index in [1.807, 2.05) is 6.07 Å². The Kier molecular flexibility index (Phi) is 6.30. The van der Waals surface area contributed by atoms with Crippen molar-refractivity contribution in [2.45, 2.75) is 13.5 Å². The predicted octanol–water partition coefficient (Wildman–Crippen LogP) is 2.24. The number of methoxy groups -OCH3 is 1. The summed E-state index contributed by atoms with van der Waals surface area (Å²) in [6, 6.07) is 7.41. The Bertz CT molecular complexity index is 826. The number of rotatable bonds is 6. The number of ether oxygens (including phenoxy) is 2. The fourth-order valence-corrected chi connectivity index (χ4v) is 3.06. The number of carbonyl (C=O) groups excluding carboxylic acids is 2. The van der Waals surface area contributed by atoms with Crippen LogP contribution in [0.3, 0.4) is 0 Å². The standard InChI is InChI=1S/C20H23FN2O5/c1-14-11-17(28-19(14)20(25)26-2)12-22-7-9-23(10-8-22)18(24)13-27-16-5-3-15(21)4-6-16/h3-6,11H,7-10,12-13H2,1-2H3. The highest BCUT2D eigenvalue weighted by molar-refractivity contribution is 5.87. The molecule has 0 atom stereocenters. The smallest absolute Gasteiger partial charge is 0.374 e. The van der Waals surface area contributed by atoms with Crippen molar-refractivity contribution in [3.05, 3.63) is 53.2 Å². The second-order valence-corrected chi connectivity index (χ2v) is 6.62. The Labute approximate surface area is 162 Å². The monoisotopic (exact) mass is 390 g/mol. The van der Waals surface area contributed by atoms with Crippen LogP contribution in [0.15, 0.2) is 34.7 Å². The number of esters is 1. The highest BCUT2D eigenvalue weighted by Crippen LogP contribution is 2.18. The van der Waals surface area contributed by atoms with Gasteiger partial charge < -0.3 is 18.8 Å². The normalized spacial score (nSPS) is 14.8. The molecule has 0 aliphatic carbocycles. The van der Waals surface area contributed by atoms with E-state index in [2.05, 4.69) is 4.90 Å². The van der Waals surface area contributed by atoms with E-state index in [9.17, 15) is 14.0 Å². The number of hydrogen-bond acceptors (Lipinski definition) is 6. The molecule has 28 heavy (non-hydrogen) atoms. The van der Waals surface area contributed by atoms with Gasteiger partial charge in [0.25, 0.3) is 5.91 Å². The molecule has 0 N–H and O–H groups in total. The van der Waals surface area contributed by atoms with Crippen molar-refractivity contribution in [1.29, 1.82) is 0 Å². The van der Waals surface area contributed by atoms with E-state index >= 15 is 0 Å². The maximum Gasteiger partial charge on any atom is 0.374 e. The van der Waals surface area contributed by atoms with Crippen LogP contribution in [0.1, 0.15) is 21.9 Å². The van der Waals surface area contributed by atoms with Gasteiger partial charge in [-0.2, -0.15) is 0 Å². The highest BCUT2D eigenvalue weighted by Gasteiger charge is 2.23. The fourth-order valence-electron chi connectivity index (χ4n) is 3.06. The van der Waals surface area contributed by atoms with Gasteiger partial charge in [0, 0.05) is 31.7 Å². The lowest BCUT2D eigenvalue weighted by Crippen LogP contribution is -2.49. The SMILES string of the molecule is COC(=O)c1oc(CN2CCN(C(=O)COc3ccc(F)cc3)CC2)cc1C. The summed E-state index contributed by atoms with van der Waals surface area (Å²) in [4.78, 5) is 27.8. The largest absolute Gasteiger partial charge is 0.484 e. The van der Waals surface area contributed by atoms with Crippen molar-refractivity contribution >= 4 is 11.9 Å². The lowest BCUT2D eigenvalue weighted by molar-refractivity contribution is -0.135. The lowest BCUT2D eigenvalue weighted by atomic mass is 10.2. The third kappa shape index (κ3) is 4.89. The van der Waals surface area contributed by atoms with Gasteiger partial charge in [0.2, 0.25) is 5.76 Å². The van der Waals surface area contributed by atoms with Crippen LogP contribution in [0.4, 0.5) is 4.39 Å². The fraction of sp³-hybridized carbons (Fsp3) is 0.400. The molecule has 1 saturated heterocycles. The molecule has 1 amide bonds. The van der Waals surface area contributed by atoms with E-state index in [1.54, 1.807) is 11.8 Å². The summed E-state index contributed by atoms with van der Waals surface area (Å²) in [5.41, 5.74) is 0.744. The van der Waals surface area contributed by atoms with Crippen molar-refractivity contribution in [2.75, 3.05) is 39.9 Å². The van der Waals surface area contributed by atoms with Gasteiger partial charge in [0.1, 0.15) is 17.3 Å². The number of amides is 1. The van der Waals surface area contributed by atoms with Crippen molar-refractivity contribution < 1.29 is 27.9 Å². The molecule has 1 aromatic heterocycles. The number of aryl methyl sites for hydroxylation is 1. The Morgan fingerprint density at radius 2 is 1.82 bits per heavy atom. The average molecular weight is 390 g/mol. The lowest BCUT2D eigenvalue weighted by Gasteiger charge is -2.34. The first-order valence-electron chi connectivity index (χ1n) is 9.02. The number of benzene rings is 1. The van der Waals surface area contributed by atoms with Crippen LogP contribution in [-0.4, -0.2) is 61.6 Å². The van der Waals surface area contributed by atoms with E-state index in [1.165, 1.54) is 31.4 Å². The molecule has 2 heterocycles. The second kappa shape index (κ2) is 8.88. The van der Waals surface area contributed by atoms with Gasteiger partial charge in [-0.15, -0.1) is 0 Å². The minimum absolute atomic E-state index is 0.0779. The van der Waals surface area contributed by atoms with E-state index in [0.717, 1.165) is 5.56 Å². The Morgan fingerprint density at radius 3 is 2.46 bits per heavy atom. The predicted molar refractivity (Wildman–Crippen MR) is 98.5 cm³/mol. The van der Waals surface area contributed by atoms with Crippen molar-refractivity contribution in [3.8, 4) is 5.75 Å². The quantitative estimate of drug-likeness (QED) is 0.705. The van der Waals surface area contributed by atoms with Gasteiger partial charge in [-0.3, -0.25) is 9.69 Å². The first kappa shape index (κ1) is 19.9. The third-order valence-electron chi connectivity index (χ3n) is 4.62. The molecule has 7 nitrogen and oxygen atoms in total. The third-order valence-corrected chi connectivity index (χ3v) is 4.62. The molecule has 0 spiro atoms. The molecule has 8 heteroatoms. The number of piperazine rings is 1. The van der Waals surface area contributed by atoms with E-state index in [4.69, 9.17) is 13.9 Å². The minimum Gasteiger partial charge on any atom is -0.484 e. The van der Waals surface area contributed by atoms with Gasteiger partial charge in [-0.25, -0.2) is 9.18 Å². The summed E-state index contributed by atoms with van der Waals surface area (Å²) in [6.45, 7) is 4.82. The summed E-state index contributed by atoms with van der Waals surface area (Å²) in [5, 5.41) is 0. The molecule has 150 valence electrons. The zero-order valence-corrected chi connectivity index (χ0v) is 15.9. The molecule has 1 fully saturated rings. The summed E-state index contributed by atoms with van der Waals surface area (Å²) in [6.07, 6.45) is 0. The maximum atomic E-state index is 12.9. The molecule has 3 rings (SSSR count). The highest BCUT2D eigenvalue weighted by atomic mass is 19.1. The van der Waals surface area contributed by atoms with Crippen LogP contribution in [0.2, 0.25) is 0 Å². The van der Waals surface area contributed by atoms with Gasteiger partial charge in [0.05, 0.1) is 13.7 Å². The first-order chi connectivity index (χ1) is 13.5. The Morgan fingerprint density at radius 1 is 1.14 bits per heavy atom. The number of furan rings is 1. The van der Waals surface area contributed by atoms with E-state index in [0.29, 0.717) is 44.2 Å². The number of nitrogens with zero attached hydrogens (tertiary/aromatic N) is 2. The molecule has 1 aromatic carbocycles. The van der Waals surface area contributed by atoms with Crippen LogP contribution in [0.5, 0.6) is 5.75 Å². The molecular weight excluding hydrogens is 367 g/mol.